The van der Waals surface area contributed by atoms with Gasteiger partial charge in [-0.3, -0.25) is 4.79 Å². The number of carbonyl (C=O) groups excluding carboxylic acids is 1. The highest BCUT2D eigenvalue weighted by Crippen LogP contribution is 2.49. The number of ether oxygens (including phenoxy) is 1. The van der Waals surface area contributed by atoms with Crippen molar-refractivity contribution >= 4 is 51.1 Å². The van der Waals surface area contributed by atoms with Gasteiger partial charge in [0.15, 0.2) is 0 Å². The molecule has 2 aliphatic rings. The van der Waals surface area contributed by atoms with E-state index >= 15 is 0 Å². The van der Waals surface area contributed by atoms with Gasteiger partial charge >= 0.3 is 0 Å². The van der Waals surface area contributed by atoms with Gasteiger partial charge in [0, 0.05) is 25.6 Å². The summed E-state index contributed by atoms with van der Waals surface area (Å²) in [5.41, 5.74) is 2.31. The first-order valence-electron chi connectivity index (χ1n) is 8.20. The largest absolute Gasteiger partial charge is 0.378 e. The number of morpholine rings is 1. The van der Waals surface area contributed by atoms with Crippen molar-refractivity contribution in [1.82, 2.24) is 5.32 Å². The summed E-state index contributed by atoms with van der Waals surface area (Å²) in [5, 5.41) is 4.75. The van der Waals surface area contributed by atoms with Gasteiger partial charge in [-0.15, -0.1) is 11.3 Å². The van der Waals surface area contributed by atoms with E-state index in [1.54, 1.807) is 6.07 Å². The van der Waals surface area contributed by atoms with Crippen LogP contribution in [0, 0.1) is 6.57 Å². The predicted octanol–water partition coefficient (Wildman–Crippen LogP) is 4.32. The number of amides is 1. The van der Waals surface area contributed by atoms with Crippen LogP contribution in [0.15, 0.2) is 18.2 Å². The Hall–Kier alpha value is -1.78. The lowest BCUT2D eigenvalue weighted by atomic mass is 9.88. The molecule has 0 radical (unpaired) electrons. The van der Waals surface area contributed by atoms with Crippen LogP contribution in [0.25, 0.3) is 4.85 Å². The van der Waals surface area contributed by atoms with Crippen LogP contribution < -0.4 is 10.2 Å². The number of halogens is 2. The van der Waals surface area contributed by atoms with Gasteiger partial charge in [0.25, 0.3) is 5.91 Å². The van der Waals surface area contributed by atoms with Crippen LogP contribution in [0.3, 0.4) is 0 Å². The molecule has 1 unspecified atom stereocenters. The van der Waals surface area contributed by atoms with Gasteiger partial charge in [-0.25, -0.2) is 4.85 Å². The van der Waals surface area contributed by atoms with E-state index in [0.29, 0.717) is 40.4 Å². The number of benzene rings is 1. The summed E-state index contributed by atoms with van der Waals surface area (Å²) in [5.74, 6) is -0.238. The molecule has 3 heterocycles. The highest BCUT2D eigenvalue weighted by Gasteiger charge is 2.35. The maximum absolute atomic E-state index is 12.5. The van der Waals surface area contributed by atoms with Crippen LogP contribution in [0.1, 0.15) is 26.7 Å². The Morgan fingerprint density at radius 3 is 2.73 bits per heavy atom. The number of anilines is 1. The zero-order valence-electron chi connectivity index (χ0n) is 13.7. The quantitative estimate of drug-likeness (QED) is 0.753. The Labute approximate surface area is 165 Å². The second-order valence-electron chi connectivity index (χ2n) is 6.15. The van der Waals surface area contributed by atoms with Crippen LogP contribution >= 0.6 is 34.5 Å². The summed E-state index contributed by atoms with van der Waals surface area (Å²) in [6, 6.07) is 5.47. The minimum atomic E-state index is -0.120. The van der Waals surface area contributed by atoms with E-state index in [1.165, 1.54) is 11.3 Å². The molecule has 2 aromatic rings. The highest BCUT2D eigenvalue weighted by molar-refractivity contribution is 7.19. The second-order valence-corrected chi connectivity index (χ2v) is 7.96. The molecule has 0 bridgehead atoms. The Bertz CT molecular complexity index is 916. The number of hydrogen-bond acceptors (Lipinski definition) is 4. The molecule has 4 rings (SSSR count). The molecular weight excluding hydrogens is 393 g/mol. The maximum atomic E-state index is 12.5. The standard InChI is InChI=1S/C18H15Cl2N3O2S/c1-21-15-14-11(10-2-3-12(19)13(20)8-10)9-22-17(24)16(14)26-18(15)23-4-6-25-7-5-23/h2-3,8,11H,4-7,9H2,(H,22,24). The molecular formula is C18H15Cl2N3O2S. The first-order valence-corrected chi connectivity index (χ1v) is 9.77. The lowest BCUT2D eigenvalue weighted by Crippen LogP contribution is -2.35. The number of thiophene rings is 1. The van der Waals surface area contributed by atoms with Crippen molar-refractivity contribution < 1.29 is 9.53 Å². The fourth-order valence-electron chi connectivity index (χ4n) is 3.39. The minimum Gasteiger partial charge on any atom is -0.378 e. The zero-order valence-corrected chi connectivity index (χ0v) is 16.0. The molecule has 1 aromatic heterocycles. The first kappa shape index (κ1) is 17.6. The molecule has 1 atom stereocenters. The Balaban J connectivity index is 1.84. The van der Waals surface area contributed by atoms with Crippen molar-refractivity contribution in [3.05, 3.63) is 55.7 Å². The number of fused-ring (bicyclic) bond motifs is 1. The van der Waals surface area contributed by atoms with Crippen LogP contribution in [0.5, 0.6) is 0 Å². The molecule has 134 valence electrons. The number of hydrogen-bond donors (Lipinski definition) is 1. The van der Waals surface area contributed by atoms with Gasteiger partial charge in [-0.1, -0.05) is 29.3 Å². The molecule has 5 nitrogen and oxygen atoms in total. The van der Waals surface area contributed by atoms with Crippen molar-refractivity contribution in [2.24, 2.45) is 0 Å². The van der Waals surface area contributed by atoms with Crippen molar-refractivity contribution in [1.29, 1.82) is 0 Å². The molecule has 2 aliphatic heterocycles. The molecule has 1 aromatic carbocycles. The van der Waals surface area contributed by atoms with Gasteiger partial charge < -0.3 is 15.0 Å². The van der Waals surface area contributed by atoms with E-state index in [1.807, 2.05) is 12.1 Å². The molecule has 1 fully saturated rings. The third-order valence-corrected chi connectivity index (χ3v) is 6.67. The van der Waals surface area contributed by atoms with Crippen molar-refractivity contribution in [2.45, 2.75) is 5.92 Å². The average molecular weight is 408 g/mol. The molecule has 0 spiro atoms. The van der Waals surface area contributed by atoms with Gasteiger partial charge in [-0.05, 0) is 23.3 Å². The normalized spacial score (nSPS) is 19.7. The third kappa shape index (κ3) is 2.95. The average Bonchev–Trinajstić information content (AvgIpc) is 3.06. The number of nitrogens with one attached hydrogen (secondary N) is 1. The van der Waals surface area contributed by atoms with Crippen molar-refractivity contribution in [2.75, 3.05) is 37.7 Å². The van der Waals surface area contributed by atoms with Crippen molar-refractivity contribution in [3.8, 4) is 0 Å². The van der Waals surface area contributed by atoms with Gasteiger partial charge in [0.1, 0.15) is 0 Å². The lowest BCUT2D eigenvalue weighted by molar-refractivity contribution is 0.0947. The predicted molar refractivity (Wildman–Crippen MR) is 104 cm³/mol. The first-order chi connectivity index (χ1) is 12.6. The van der Waals surface area contributed by atoms with Crippen LogP contribution in [0.4, 0.5) is 10.7 Å². The van der Waals surface area contributed by atoms with Crippen LogP contribution in [-0.4, -0.2) is 38.8 Å². The summed E-state index contributed by atoms with van der Waals surface area (Å²) in [6.45, 7) is 10.9. The van der Waals surface area contributed by atoms with E-state index in [4.69, 9.17) is 34.5 Å². The van der Waals surface area contributed by atoms with E-state index in [-0.39, 0.29) is 11.8 Å². The minimum absolute atomic E-state index is 0.118. The van der Waals surface area contributed by atoms with Gasteiger partial charge in [0.05, 0.1) is 39.7 Å². The SMILES string of the molecule is [C-]#[N+]c1c(N2CCOCC2)sc2c1C(c1ccc(Cl)c(Cl)c1)CNC2=O. The maximum Gasteiger partial charge on any atom is 0.260 e. The van der Waals surface area contributed by atoms with E-state index in [0.717, 1.165) is 29.2 Å². The van der Waals surface area contributed by atoms with E-state index in [2.05, 4.69) is 15.1 Å². The molecule has 1 amide bonds. The fraction of sp³-hybridized carbons (Fsp3) is 0.333. The monoisotopic (exact) mass is 407 g/mol. The Morgan fingerprint density at radius 2 is 2.04 bits per heavy atom. The molecule has 1 N–H and O–H groups in total. The van der Waals surface area contributed by atoms with E-state index < -0.39 is 0 Å². The Kier molecular flexibility index (Phi) is 4.80. The fourth-order valence-corrected chi connectivity index (χ4v) is 4.97. The summed E-state index contributed by atoms with van der Waals surface area (Å²) < 4.78 is 5.41. The summed E-state index contributed by atoms with van der Waals surface area (Å²) in [4.78, 5) is 19.0. The summed E-state index contributed by atoms with van der Waals surface area (Å²) in [7, 11) is 0. The number of rotatable bonds is 2. The lowest BCUT2D eigenvalue weighted by Gasteiger charge is -2.28. The second kappa shape index (κ2) is 7.09. The molecule has 0 saturated carbocycles. The zero-order chi connectivity index (χ0) is 18.3. The Morgan fingerprint density at radius 1 is 1.27 bits per heavy atom. The number of carbonyl (C=O) groups is 1. The smallest absolute Gasteiger partial charge is 0.260 e. The van der Waals surface area contributed by atoms with Crippen molar-refractivity contribution in [3.63, 3.8) is 0 Å². The molecule has 26 heavy (non-hydrogen) atoms. The van der Waals surface area contributed by atoms with E-state index in [9.17, 15) is 4.79 Å². The molecule has 0 aliphatic carbocycles. The summed E-state index contributed by atoms with van der Waals surface area (Å²) in [6.07, 6.45) is 0. The van der Waals surface area contributed by atoms with Gasteiger partial charge in [0.2, 0.25) is 5.69 Å². The van der Waals surface area contributed by atoms with Crippen LogP contribution in [-0.2, 0) is 4.74 Å². The van der Waals surface area contributed by atoms with Gasteiger partial charge in [-0.2, -0.15) is 0 Å². The number of nitrogens with zero attached hydrogens (tertiary/aromatic N) is 2. The highest BCUT2D eigenvalue weighted by atomic mass is 35.5. The third-order valence-electron chi connectivity index (χ3n) is 4.68. The molecule has 8 heteroatoms. The molecule has 1 saturated heterocycles. The van der Waals surface area contributed by atoms with Crippen LogP contribution in [0.2, 0.25) is 10.0 Å². The summed E-state index contributed by atoms with van der Waals surface area (Å²) >= 11 is 13.6. The topological polar surface area (TPSA) is 45.9 Å².